The monoisotopic (exact) mass is 543 g/mol. The van der Waals surface area contributed by atoms with Crippen LogP contribution >= 0.6 is 24.0 Å². The normalized spacial score (nSPS) is 19.0. The molecule has 2 aliphatic heterocycles. The second-order valence-corrected chi connectivity index (χ2v) is 9.92. The average Bonchev–Trinajstić information content (AvgIpc) is 3.37. The number of carboxylic acids is 1. The van der Waals surface area contributed by atoms with Crippen molar-refractivity contribution in [1.29, 1.82) is 0 Å². The summed E-state index contributed by atoms with van der Waals surface area (Å²) >= 11 is 6.45. The number of thiocarbonyl (C=S) groups is 1. The topological polar surface area (TPSA) is 77.2 Å². The minimum atomic E-state index is -4.84. The number of hydrogen-bond donors (Lipinski definition) is 1. The van der Waals surface area contributed by atoms with Gasteiger partial charge < -0.3 is 9.52 Å². The van der Waals surface area contributed by atoms with E-state index in [1.165, 1.54) is 29.2 Å². The van der Waals surface area contributed by atoms with Crippen LogP contribution in [0.3, 0.4) is 0 Å². The van der Waals surface area contributed by atoms with Crippen LogP contribution in [0.25, 0.3) is 17.4 Å². The molecule has 0 bridgehead atoms. The van der Waals surface area contributed by atoms with E-state index in [0.29, 0.717) is 54.6 Å². The van der Waals surface area contributed by atoms with Gasteiger partial charge in [0.1, 0.15) is 21.7 Å². The lowest BCUT2D eigenvalue weighted by atomic mass is 10.1. The van der Waals surface area contributed by atoms with Crippen LogP contribution in [0.5, 0.6) is 0 Å². The summed E-state index contributed by atoms with van der Waals surface area (Å²) in [6.45, 7) is 3.59. The highest BCUT2D eigenvalue weighted by atomic mass is 32.2. The van der Waals surface area contributed by atoms with Crippen molar-refractivity contribution < 1.29 is 36.7 Å². The summed E-state index contributed by atoms with van der Waals surface area (Å²) in [7, 11) is 0. The third kappa shape index (κ3) is 6.14. The van der Waals surface area contributed by atoms with Crippen LogP contribution in [0.4, 0.5) is 17.6 Å². The maximum absolute atomic E-state index is 13.6. The van der Waals surface area contributed by atoms with Crippen molar-refractivity contribution in [2.24, 2.45) is 0 Å². The van der Waals surface area contributed by atoms with Gasteiger partial charge in [0, 0.05) is 50.9 Å². The van der Waals surface area contributed by atoms with Crippen LogP contribution in [-0.2, 0) is 15.8 Å². The lowest BCUT2D eigenvalue weighted by molar-refractivity contribution is -0.140. The van der Waals surface area contributed by atoms with E-state index in [2.05, 4.69) is 4.90 Å². The van der Waals surface area contributed by atoms with Crippen molar-refractivity contribution in [3.63, 3.8) is 0 Å². The molecule has 1 amide bonds. The van der Waals surface area contributed by atoms with Crippen LogP contribution < -0.4 is 0 Å². The molecular weight excluding hydrogens is 522 g/mol. The van der Waals surface area contributed by atoms with Crippen molar-refractivity contribution in [3.05, 3.63) is 52.4 Å². The SMILES string of the molecule is O=C(O)CN1CCN(CCN2C(=O)/C(=C/c3ccc(-c4ccc(F)c(C(F)(F)F)c4)o3)SC2=S)CC1. The van der Waals surface area contributed by atoms with Gasteiger partial charge in [-0.25, -0.2) is 4.39 Å². The summed E-state index contributed by atoms with van der Waals surface area (Å²) in [4.78, 5) is 29.5. The van der Waals surface area contributed by atoms with Gasteiger partial charge >= 0.3 is 12.1 Å². The van der Waals surface area contributed by atoms with E-state index in [-0.39, 0.29) is 29.5 Å². The highest BCUT2D eigenvalue weighted by molar-refractivity contribution is 8.26. The number of benzene rings is 1. The van der Waals surface area contributed by atoms with Crippen molar-refractivity contribution in [2.75, 3.05) is 45.8 Å². The lowest BCUT2D eigenvalue weighted by Crippen LogP contribution is -2.49. The fourth-order valence-corrected chi connectivity index (χ4v) is 5.20. The van der Waals surface area contributed by atoms with Crippen LogP contribution in [0.15, 0.2) is 39.7 Å². The minimum Gasteiger partial charge on any atom is -0.480 e. The summed E-state index contributed by atoms with van der Waals surface area (Å²) < 4.78 is 58.6. The van der Waals surface area contributed by atoms with Gasteiger partial charge in [-0.2, -0.15) is 13.2 Å². The van der Waals surface area contributed by atoms with Gasteiger partial charge in [0.05, 0.1) is 17.0 Å². The molecule has 3 heterocycles. The van der Waals surface area contributed by atoms with E-state index in [1.54, 1.807) is 0 Å². The number of carboxylic acid groups (broad SMARTS) is 1. The molecule has 2 saturated heterocycles. The standard InChI is InChI=1S/C23H21F4N3O4S2/c24-17-3-1-14(11-16(17)23(25,26)27)18-4-2-15(34-18)12-19-21(33)30(22(35)36-19)10-9-28-5-7-29(8-6-28)13-20(31)32/h1-4,11-12H,5-10,13H2,(H,31,32)/b19-12-. The Morgan fingerprint density at radius 2 is 1.81 bits per heavy atom. The second kappa shape index (κ2) is 10.7. The summed E-state index contributed by atoms with van der Waals surface area (Å²) in [5.41, 5.74) is -1.33. The molecule has 4 rings (SSSR count). The first kappa shape index (κ1) is 26.3. The Balaban J connectivity index is 1.38. The van der Waals surface area contributed by atoms with Crippen LogP contribution in [0, 0.1) is 5.82 Å². The van der Waals surface area contributed by atoms with Gasteiger partial charge in [-0.1, -0.05) is 24.0 Å². The molecule has 0 spiro atoms. The predicted molar refractivity (Wildman–Crippen MR) is 129 cm³/mol. The minimum absolute atomic E-state index is 0.00643. The first-order chi connectivity index (χ1) is 17.0. The molecule has 2 aromatic rings. The fourth-order valence-electron chi connectivity index (χ4n) is 3.91. The molecule has 1 aromatic heterocycles. The molecule has 0 aliphatic carbocycles. The molecule has 2 fully saturated rings. The number of hydrogen-bond acceptors (Lipinski definition) is 7. The summed E-state index contributed by atoms with van der Waals surface area (Å²) in [6, 6.07) is 5.56. The highest BCUT2D eigenvalue weighted by Crippen LogP contribution is 2.36. The zero-order valence-electron chi connectivity index (χ0n) is 18.8. The number of halogens is 4. The van der Waals surface area contributed by atoms with E-state index in [0.717, 1.165) is 17.8 Å². The number of furan rings is 1. The summed E-state index contributed by atoms with van der Waals surface area (Å²) in [5.74, 6) is -2.18. The fraction of sp³-hybridized carbons (Fsp3) is 0.348. The molecule has 0 radical (unpaired) electrons. The van der Waals surface area contributed by atoms with Crippen LogP contribution in [0.2, 0.25) is 0 Å². The molecule has 2 aliphatic rings. The zero-order valence-corrected chi connectivity index (χ0v) is 20.4. The van der Waals surface area contributed by atoms with Crippen molar-refractivity contribution in [3.8, 4) is 11.3 Å². The maximum atomic E-state index is 13.6. The Kier molecular flexibility index (Phi) is 7.83. The highest BCUT2D eigenvalue weighted by Gasteiger charge is 2.35. The molecule has 0 saturated carbocycles. The zero-order chi connectivity index (χ0) is 26.0. The first-order valence-electron chi connectivity index (χ1n) is 10.9. The van der Waals surface area contributed by atoms with E-state index < -0.39 is 23.5 Å². The Morgan fingerprint density at radius 1 is 1.11 bits per heavy atom. The van der Waals surface area contributed by atoms with Gasteiger partial charge in [0.15, 0.2) is 0 Å². The smallest absolute Gasteiger partial charge is 0.419 e. The largest absolute Gasteiger partial charge is 0.480 e. The third-order valence-corrected chi connectivity index (χ3v) is 7.17. The molecule has 192 valence electrons. The van der Waals surface area contributed by atoms with Gasteiger partial charge in [0.25, 0.3) is 5.91 Å². The molecular formula is C23H21F4N3O4S2. The number of carbonyl (C=O) groups is 2. The molecule has 13 heteroatoms. The van der Waals surface area contributed by atoms with Crippen molar-refractivity contribution in [2.45, 2.75) is 6.18 Å². The Bertz CT molecular complexity index is 1210. The van der Waals surface area contributed by atoms with Crippen molar-refractivity contribution in [1.82, 2.24) is 14.7 Å². The summed E-state index contributed by atoms with van der Waals surface area (Å²) in [5, 5.41) is 8.89. The quantitative estimate of drug-likeness (QED) is 0.319. The molecule has 0 unspecified atom stereocenters. The molecule has 0 atom stereocenters. The second-order valence-electron chi connectivity index (χ2n) is 8.24. The van der Waals surface area contributed by atoms with Gasteiger partial charge in [-0.3, -0.25) is 24.3 Å². The molecule has 7 nitrogen and oxygen atoms in total. The third-order valence-electron chi connectivity index (χ3n) is 5.79. The van der Waals surface area contributed by atoms with Crippen LogP contribution in [0.1, 0.15) is 11.3 Å². The maximum Gasteiger partial charge on any atom is 0.419 e. The average molecular weight is 544 g/mol. The first-order valence-corrected chi connectivity index (χ1v) is 12.1. The number of aliphatic carboxylic acids is 1. The Hall–Kier alpha value is -2.74. The van der Waals surface area contributed by atoms with Gasteiger partial charge in [0.2, 0.25) is 0 Å². The van der Waals surface area contributed by atoms with Crippen molar-refractivity contribution >= 4 is 46.3 Å². The number of alkyl halides is 3. The molecule has 1 N–H and O–H groups in total. The number of thioether (sulfide) groups is 1. The number of piperazine rings is 1. The van der Waals surface area contributed by atoms with E-state index in [1.807, 2.05) is 4.90 Å². The number of nitrogens with zero attached hydrogens (tertiary/aromatic N) is 3. The lowest BCUT2D eigenvalue weighted by Gasteiger charge is -2.34. The van der Waals surface area contributed by atoms with E-state index in [4.69, 9.17) is 21.7 Å². The molecule has 1 aromatic carbocycles. The number of rotatable bonds is 7. The number of carbonyl (C=O) groups excluding carboxylic acids is 1. The van der Waals surface area contributed by atoms with Gasteiger partial charge in [-0.05, 0) is 30.3 Å². The van der Waals surface area contributed by atoms with Crippen LogP contribution in [-0.4, -0.2) is 81.8 Å². The molecule has 36 heavy (non-hydrogen) atoms. The Labute approximate surface area is 213 Å². The predicted octanol–water partition coefficient (Wildman–Crippen LogP) is 4.01. The van der Waals surface area contributed by atoms with Gasteiger partial charge in [-0.15, -0.1) is 0 Å². The Morgan fingerprint density at radius 3 is 2.47 bits per heavy atom. The van der Waals surface area contributed by atoms with E-state index >= 15 is 0 Å². The summed E-state index contributed by atoms with van der Waals surface area (Å²) in [6.07, 6.45) is -3.36. The van der Waals surface area contributed by atoms with E-state index in [9.17, 15) is 27.2 Å². The number of amides is 1.